The number of pyridine rings is 1. The summed E-state index contributed by atoms with van der Waals surface area (Å²) in [6.45, 7) is 8.29. The van der Waals surface area contributed by atoms with Gasteiger partial charge in [0, 0.05) is 32.2 Å². The Kier molecular flexibility index (Phi) is 6.49. The SMILES string of the molecule is CCCn1c(N2CCC(C)CC2)c(C=C2SC(=S)N(C)C2=O)c(C)c(C#N)c1=O. The summed E-state index contributed by atoms with van der Waals surface area (Å²) in [6, 6.07) is 2.08. The lowest BCUT2D eigenvalue weighted by Gasteiger charge is -2.35. The number of likely N-dealkylation sites (N-methyl/N-ethyl adjacent to an activating group) is 1. The molecule has 2 aliphatic rings. The third kappa shape index (κ3) is 3.99. The summed E-state index contributed by atoms with van der Waals surface area (Å²) in [5, 5.41) is 9.65. The lowest BCUT2D eigenvalue weighted by Crippen LogP contribution is -2.39. The number of hydrogen-bond acceptors (Lipinski definition) is 6. The molecule has 1 amide bonds. The number of carbonyl (C=O) groups excluding carboxylic acids is 1. The third-order valence-electron chi connectivity index (χ3n) is 5.64. The molecule has 2 fully saturated rings. The fourth-order valence-corrected chi connectivity index (χ4v) is 4.97. The van der Waals surface area contributed by atoms with Crippen LogP contribution in [0.2, 0.25) is 0 Å². The van der Waals surface area contributed by atoms with Crippen molar-refractivity contribution < 1.29 is 4.79 Å². The van der Waals surface area contributed by atoms with Crippen molar-refractivity contribution in [3.8, 4) is 6.07 Å². The van der Waals surface area contributed by atoms with Crippen molar-refractivity contribution in [3.05, 3.63) is 31.9 Å². The molecule has 0 aromatic carbocycles. The monoisotopic (exact) mass is 430 g/mol. The van der Waals surface area contributed by atoms with Crippen molar-refractivity contribution in [2.45, 2.75) is 46.6 Å². The van der Waals surface area contributed by atoms with Gasteiger partial charge in [-0.1, -0.05) is 37.8 Å². The van der Waals surface area contributed by atoms with Gasteiger partial charge in [-0.2, -0.15) is 5.26 Å². The van der Waals surface area contributed by atoms with Crippen LogP contribution < -0.4 is 10.5 Å². The second-order valence-electron chi connectivity index (χ2n) is 7.72. The zero-order valence-corrected chi connectivity index (χ0v) is 19.0. The molecular weight excluding hydrogens is 404 g/mol. The van der Waals surface area contributed by atoms with Crippen LogP contribution in [0.5, 0.6) is 0 Å². The first-order chi connectivity index (χ1) is 13.8. The van der Waals surface area contributed by atoms with E-state index in [0.29, 0.717) is 27.3 Å². The number of piperidine rings is 1. The quantitative estimate of drug-likeness (QED) is 0.538. The second-order valence-corrected chi connectivity index (χ2v) is 9.39. The van der Waals surface area contributed by atoms with Gasteiger partial charge in [0.05, 0.1) is 4.91 Å². The molecule has 0 spiro atoms. The van der Waals surface area contributed by atoms with E-state index in [1.54, 1.807) is 18.5 Å². The first-order valence-corrected chi connectivity index (χ1v) is 11.2. The third-order valence-corrected chi connectivity index (χ3v) is 7.12. The van der Waals surface area contributed by atoms with E-state index in [4.69, 9.17) is 12.2 Å². The predicted molar refractivity (Wildman–Crippen MR) is 122 cm³/mol. The zero-order valence-electron chi connectivity index (χ0n) is 17.3. The van der Waals surface area contributed by atoms with Crippen molar-refractivity contribution in [2.75, 3.05) is 25.0 Å². The molecule has 0 atom stereocenters. The van der Waals surface area contributed by atoms with Crippen LogP contribution >= 0.6 is 24.0 Å². The van der Waals surface area contributed by atoms with Gasteiger partial charge in [0.15, 0.2) is 0 Å². The average Bonchev–Trinajstić information content (AvgIpc) is 2.94. The molecule has 3 rings (SSSR count). The molecule has 0 saturated carbocycles. The topological polar surface area (TPSA) is 69.3 Å². The second kappa shape index (κ2) is 8.72. The number of aromatic nitrogens is 1. The lowest BCUT2D eigenvalue weighted by molar-refractivity contribution is -0.121. The Bertz CT molecular complexity index is 982. The smallest absolute Gasteiger partial charge is 0.270 e. The van der Waals surface area contributed by atoms with Crippen molar-refractivity contribution in [2.24, 2.45) is 5.92 Å². The van der Waals surface area contributed by atoms with Crippen molar-refractivity contribution in [3.63, 3.8) is 0 Å². The average molecular weight is 431 g/mol. The molecule has 2 aliphatic heterocycles. The predicted octanol–water partition coefficient (Wildman–Crippen LogP) is 3.51. The summed E-state index contributed by atoms with van der Waals surface area (Å²) in [5.74, 6) is 1.32. The molecule has 0 radical (unpaired) electrons. The van der Waals surface area contributed by atoms with Gasteiger partial charge in [-0.3, -0.25) is 19.1 Å². The van der Waals surface area contributed by atoms with Crippen LogP contribution in [0.25, 0.3) is 6.08 Å². The molecule has 1 aromatic heterocycles. The molecule has 0 aliphatic carbocycles. The molecule has 3 heterocycles. The van der Waals surface area contributed by atoms with Crippen molar-refractivity contribution in [1.29, 1.82) is 5.26 Å². The minimum Gasteiger partial charge on any atom is -0.357 e. The van der Waals surface area contributed by atoms with Gasteiger partial charge < -0.3 is 4.90 Å². The molecule has 1 aromatic rings. The fourth-order valence-electron chi connectivity index (χ4n) is 3.81. The fraction of sp³-hybridized carbons (Fsp3) is 0.524. The molecule has 8 heteroatoms. The van der Waals surface area contributed by atoms with E-state index < -0.39 is 0 Å². The molecule has 0 unspecified atom stereocenters. The summed E-state index contributed by atoms with van der Waals surface area (Å²) >= 11 is 6.52. The lowest BCUT2D eigenvalue weighted by atomic mass is 9.97. The minimum atomic E-state index is -0.249. The molecule has 6 nitrogen and oxygen atoms in total. The molecular formula is C21H26N4O2S2. The van der Waals surface area contributed by atoms with Crippen molar-refractivity contribution in [1.82, 2.24) is 9.47 Å². The van der Waals surface area contributed by atoms with E-state index in [9.17, 15) is 14.9 Å². The van der Waals surface area contributed by atoms with Crippen LogP contribution in [0.1, 0.15) is 49.8 Å². The Labute approximate surface area is 181 Å². The number of hydrogen-bond donors (Lipinski definition) is 0. The molecule has 154 valence electrons. The van der Waals surface area contributed by atoms with Crippen LogP contribution in [-0.2, 0) is 11.3 Å². The highest BCUT2D eigenvalue weighted by molar-refractivity contribution is 8.26. The molecule has 29 heavy (non-hydrogen) atoms. The molecule has 0 bridgehead atoms. The Morgan fingerprint density at radius 3 is 2.48 bits per heavy atom. The van der Waals surface area contributed by atoms with Crippen LogP contribution in [0.3, 0.4) is 0 Å². The number of thiocarbonyl (C=S) groups is 1. The maximum Gasteiger partial charge on any atom is 0.270 e. The van der Waals surface area contributed by atoms with E-state index in [-0.39, 0.29) is 17.0 Å². The highest BCUT2D eigenvalue weighted by Crippen LogP contribution is 2.36. The normalized spacial score (nSPS) is 19.3. The van der Waals surface area contributed by atoms with Gasteiger partial charge in [0.25, 0.3) is 11.5 Å². The van der Waals surface area contributed by atoms with Crippen LogP contribution in [0, 0.1) is 24.2 Å². The molecule has 2 saturated heterocycles. The van der Waals surface area contributed by atoms with Crippen molar-refractivity contribution >= 4 is 46.1 Å². The number of amides is 1. The Morgan fingerprint density at radius 2 is 1.97 bits per heavy atom. The Hall–Kier alpha value is -2.11. The number of anilines is 1. The Balaban J connectivity index is 2.26. The maximum atomic E-state index is 13.1. The minimum absolute atomic E-state index is 0.144. The zero-order chi connectivity index (χ0) is 21.3. The van der Waals surface area contributed by atoms with E-state index in [1.165, 1.54) is 16.7 Å². The summed E-state index contributed by atoms with van der Waals surface area (Å²) in [7, 11) is 1.66. The highest BCUT2D eigenvalue weighted by atomic mass is 32.2. The summed E-state index contributed by atoms with van der Waals surface area (Å²) in [5.41, 5.74) is 1.30. The summed E-state index contributed by atoms with van der Waals surface area (Å²) in [6.07, 6.45) is 4.70. The van der Waals surface area contributed by atoms with Gasteiger partial charge >= 0.3 is 0 Å². The maximum absolute atomic E-state index is 13.1. The standard InChI is InChI=1S/C21H26N4O2S2/c1-5-8-25-18(24-9-6-13(2)7-10-24)15(14(3)16(12-22)19(25)26)11-17-20(27)23(4)21(28)29-17/h11,13H,5-10H2,1-4H3. The van der Waals surface area contributed by atoms with E-state index >= 15 is 0 Å². The summed E-state index contributed by atoms with van der Waals surface area (Å²) in [4.78, 5) is 29.9. The van der Waals surface area contributed by atoms with Crippen LogP contribution in [0.4, 0.5) is 5.82 Å². The molecule has 0 N–H and O–H groups in total. The number of nitriles is 1. The first kappa shape index (κ1) is 21.6. The van der Waals surface area contributed by atoms with E-state index in [2.05, 4.69) is 17.9 Å². The number of nitrogens with zero attached hydrogens (tertiary/aromatic N) is 4. The van der Waals surface area contributed by atoms with Crippen LogP contribution in [0.15, 0.2) is 9.70 Å². The van der Waals surface area contributed by atoms with Gasteiger partial charge in [-0.25, -0.2) is 0 Å². The van der Waals surface area contributed by atoms with Gasteiger partial charge in [-0.05, 0) is 43.7 Å². The van der Waals surface area contributed by atoms with Gasteiger partial charge in [0.2, 0.25) is 0 Å². The number of thioether (sulfide) groups is 1. The first-order valence-electron chi connectivity index (χ1n) is 9.94. The largest absolute Gasteiger partial charge is 0.357 e. The van der Waals surface area contributed by atoms with Gasteiger partial charge in [-0.15, -0.1) is 0 Å². The van der Waals surface area contributed by atoms with Crippen LogP contribution in [-0.4, -0.2) is 39.8 Å². The Morgan fingerprint density at radius 1 is 1.31 bits per heavy atom. The summed E-state index contributed by atoms with van der Waals surface area (Å²) < 4.78 is 2.23. The number of carbonyl (C=O) groups is 1. The van der Waals surface area contributed by atoms with E-state index in [0.717, 1.165) is 43.7 Å². The highest BCUT2D eigenvalue weighted by Gasteiger charge is 2.31. The van der Waals surface area contributed by atoms with Gasteiger partial charge in [0.1, 0.15) is 21.8 Å². The van der Waals surface area contributed by atoms with E-state index in [1.807, 2.05) is 13.0 Å². The number of rotatable bonds is 4.